The summed E-state index contributed by atoms with van der Waals surface area (Å²) in [7, 11) is 2.36. The van der Waals surface area contributed by atoms with Gasteiger partial charge in [-0.2, -0.15) is 0 Å². The first-order valence-electron chi connectivity index (χ1n) is 8.64. The second kappa shape index (κ2) is 5.58. The highest BCUT2D eigenvalue weighted by Gasteiger charge is 2.40. The first-order valence-corrected chi connectivity index (χ1v) is 8.64. The Labute approximate surface area is 125 Å². The summed E-state index contributed by atoms with van der Waals surface area (Å²) in [6.07, 6.45) is 7.13. The SMILES string of the molecule is CN1C2CCCC1CC(N1CCNC(C(C)(C)C)C1)C2. The van der Waals surface area contributed by atoms with Crippen LogP contribution in [0.1, 0.15) is 52.9 Å². The average molecular weight is 279 g/mol. The number of piperazine rings is 1. The summed E-state index contributed by atoms with van der Waals surface area (Å²) < 4.78 is 0. The van der Waals surface area contributed by atoms with Gasteiger partial charge in [0.05, 0.1) is 0 Å². The van der Waals surface area contributed by atoms with E-state index in [1.54, 1.807) is 0 Å². The number of nitrogens with zero attached hydrogens (tertiary/aromatic N) is 2. The Kier molecular flexibility index (Phi) is 4.13. The molecule has 0 amide bonds. The zero-order valence-corrected chi connectivity index (χ0v) is 13.9. The second-order valence-electron chi connectivity index (χ2n) is 8.40. The molecule has 0 aromatic rings. The van der Waals surface area contributed by atoms with Crippen molar-refractivity contribution in [3.8, 4) is 0 Å². The van der Waals surface area contributed by atoms with Gasteiger partial charge in [-0.25, -0.2) is 0 Å². The minimum Gasteiger partial charge on any atom is -0.311 e. The van der Waals surface area contributed by atoms with E-state index in [4.69, 9.17) is 0 Å². The molecule has 3 aliphatic heterocycles. The number of nitrogens with one attached hydrogen (secondary N) is 1. The fourth-order valence-corrected chi connectivity index (χ4v) is 4.57. The molecule has 3 heterocycles. The Morgan fingerprint density at radius 2 is 1.65 bits per heavy atom. The lowest BCUT2D eigenvalue weighted by molar-refractivity contribution is -0.00639. The summed E-state index contributed by atoms with van der Waals surface area (Å²) in [6, 6.07) is 3.20. The average Bonchev–Trinajstić information content (AvgIpc) is 2.37. The van der Waals surface area contributed by atoms with Gasteiger partial charge < -0.3 is 10.2 Å². The quantitative estimate of drug-likeness (QED) is 0.795. The third-order valence-electron chi connectivity index (χ3n) is 6.08. The van der Waals surface area contributed by atoms with Gasteiger partial charge in [0.25, 0.3) is 0 Å². The third kappa shape index (κ3) is 2.90. The van der Waals surface area contributed by atoms with Crippen LogP contribution in [0.2, 0.25) is 0 Å². The zero-order chi connectivity index (χ0) is 14.3. The Bertz CT molecular complexity index is 322. The van der Waals surface area contributed by atoms with Gasteiger partial charge in [0, 0.05) is 43.8 Å². The fourth-order valence-electron chi connectivity index (χ4n) is 4.57. The van der Waals surface area contributed by atoms with Gasteiger partial charge >= 0.3 is 0 Å². The van der Waals surface area contributed by atoms with Crippen molar-refractivity contribution in [2.24, 2.45) is 5.41 Å². The Balaban J connectivity index is 1.64. The molecule has 0 aliphatic carbocycles. The maximum Gasteiger partial charge on any atom is 0.0244 e. The van der Waals surface area contributed by atoms with Gasteiger partial charge in [0.1, 0.15) is 0 Å². The van der Waals surface area contributed by atoms with Gasteiger partial charge in [-0.3, -0.25) is 4.90 Å². The first kappa shape index (κ1) is 14.8. The van der Waals surface area contributed by atoms with Crippen LogP contribution in [-0.2, 0) is 0 Å². The number of hydrogen-bond donors (Lipinski definition) is 1. The lowest BCUT2D eigenvalue weighted by Crippen LogP contribution is -2.62. The molecule has 116 valence electrons. The van der Waals surface area contributed by atoms with Crippen LogP contribution in [0.15, 0.2) is 0 Å². The highest BCUT2D eigenvalue weighted by molar-refractivity contribution is 4.97. The van der Waals surface area contributed by atoms with E-state index in [-0.39, 0.29) is 0 Å². The molecule has 0 saturated carbocycles. The van der Waals surface area contributed by atoms with Crippen LogP contribution in [0, 0.1) is 5.41 Å². The highest BCUT2D eigenvalue weighted by atomic mass is 15.3. The normalized spacial score (nSPS) is 40.8. The van der Waals surface area contributed by atoms with Crippen LogP contribution >= 0.6 is 0 Å². The van der Waals surface area contributed by atoms with Crippen molar-refractivity contribution < 1.29 is 0 Å². The van der Waals surface area contributed by atoms with Gasteiger partial charge in [-0.05, 0) is 38.1 Å². The lowest BCUT2D eigenvalue weighted by atomic mass is 9.80. The van der Waals surface area contributed by atoms with Gasteiger partial charge in [0.15, 0.2) is 0 Å². The minimum absolute atomic E-state index is 0.375. The number of fused-ring (bicyclic) bond motifs is 2. The van der Waals surface area contributed by atoms with Crippen molar-refractivity contribution in [1.29, 1.82) is 0 Å². The molecule has 3 rings (SSSR count). The molecule has 3 aliphatic rings. The van der Waals surface area contributed by atoms with E-state index in [1.165, 1.54) is 51.7 Å². The zero-order valence-electron chi connectivity index (χ0n) is 13.9. The number of rotatable bonds is 1. The summed E-state index contributed by atoms with van der Waals surface area (Å²) in [6.45, 7) is 10.8. The topological polar surface area (TPSA) is 18.5 Å². The van der Waals surface area contributed by atoms with Crippen LogP contribution in [0.4, 0.5) is 0 Å². The Morgan fingerprint density at radius 1 is 1.00 bits per heavy atom. The van der Waals surface area contributed by atoms with E-state index in [0.717, 1.165) is 18.1 Å². The van der Waals surface area contributed by atoms with Gasteiger partial charge in [0.2, 0.25) is 0 Å². The Morgan fingerprint density at radius 3 is 2.25 bits per heavy atom. The molecule has 3 heteroatoms. The smallest absolute Gasteiger partial charge is 0.0244 e. The van der Waals surface area contributed by atoms with E-state index in [1.807, 2.05) is 0 Å². The summed E-state index contributed by atoms with van der Waals surface area (Å²) in [5.74, 6) is 0. The number of hydrogen-bond acceptors (Lipinski definition) is 3. The molecule has 0 spiro atoms. The molecule has 3 nitrogen and oxygen atoms in total. The predicted molar refractivity (Wildman–Crippen MR) is 85.0 cm³/mol. The van der Waals surface area contributed by atoms with Gasteiger partial charge in [-0.15, -0.1) is 0 Å². The minimum atomic E-state index is 0.375. The van der Waals surface area contributed by atoms with E-state index < -0.39 is 0 Å². The standard InChI is InChI=1S/C17H33N3/c1-17(2,3)16-12-20(9-8-18-16)15-10-13-6-5-7-14(11-15)19(13)4/h13-16,18H,5-12H2,1-4H3. The van der Waals surface area contributed by atoms with Crippen LogP contribution in [0.25, 0.3) is 0 Å². The molecule has 3 atom stereocenters. The molecule has 0 aromatic heterocycles. The lowest BCUT2D eigenvalue weighted by Gasteiger charge is -2.52. The molecule has 0 aromatic carbocycles. The first-order chi connectivity index (χ1) is 9.45. The largest absolute Gasteiger partial charge is 0.311 e. The molecule has 3 fully saturated rings. The summed E-state index contributed by atoms with van der Waals surface area (Å²) in [5, 5.41) is 3.74. The molecule has 1 N–H and O–H groups in total. The second-order valence-corrected chi connectivity index (χ2v) is 8.40. The highest BCUT2D eigenvalue weighted by Crippen LogP contribution is 2.35. The van der Waals surface area contributed by atoms with Crippen LogP contribution in [-0.4, -0.2) is 60.6 Å². The molecule has 3 saturated heterocycles. The predicted octanol–water partition coefficient (Wildman–Crippen LogP) is 2.32. The molecular formula is C17H33N3. The van der Waals surface area contributed by atoms with E-state index in [9.17, 15) is 0 Å². The molecule has 0 radical (unpaired) electrons. The van der Waals surface area contributed by atoms with Crippen molar-refractivity contribution in [2.75, 3.05) is 26.7 Å². The van der Waals surface area contributed by atoms with Crippen molar-refractivity contribution in [1.82, 2.24) is 15.1 Å². The van der Waals surface area contributed by atoms with Crippen molar-refractivity contribution in [3.63, 3.8) is 0 Å². The van der Waals surface area contributed by atoms with Crippen LogP contribution in [0.3, 0.4) is 0 Å². The summed E-state index contributed by atoms with van der Waals surface area (Å²) in [5.41, 5.74) is 0.375. The maximum absolute atomic E-state index is 3.74. The summed E-state index contributed by atoms with van der Waals surface area (Å²) >= 11 is 0. The summed E-state index contributed by atoms with van der Waals surface area (Å²) in [4.78, 5) is 5.49. The van der Waals surface area contributed by atoms with Crippen LogP contribution in [0.5, 0.6) is 0 Å². The van der Waals surface area contributed by atoms with Gasteiger partial charge in [-0.1, -0.05) is 27.2 Å². The Hall–Kier alpha value is -0.120. The maximum atomic E-state index is 3.74. The van der Waals surface area contributed by atoms with Crippen molar-refractivity contribution in [3.05, 3.63) is 0 Å². The fraction of sp³-hybridized carbons (Fsp3) is 1.00. The molecule has 3 unspecified atom stereocenters. The number of piperidine rings is 2. The molecule has 20 heavy (non-hydrogen) atoms. The van der Waals surface area contributed by atoms with E-state index in [0.29, 0.717) is 11.5 Å². The molecule has 2 bridgehead atoms. The van der Waals surface area contributed by atoms with E-state index >= 15 is 0 Å². The van der Waals surface area contributed by atoms with E-state index in [2.05, 4.69) is 42.9 Å². The monoisotopic (exact) mass is 279 g/mol. The third-order valence-corrected chi connectivity index (χ3v) is 6.08. The van der Waals surface area contributed by atoms with Crippen molar-refractivity contribution >= 4 is 0 Å². The van der Waals surface area contributed by atoms with Crippen LogP contribution < -0.4 is 5.32 Å². The van der Waals surface area contributed by atoms with Crippen molar-refractivity contribution in [2.45, 2.75) is 77.0 Å². The molecular weight excluding hydrogens is 246 g/mol.